The van der Waals surface area contributed by atoms with Gasteiger partial charge in [-0.1, -0.05) is 19.9 Å². The van der Waals surface area contributed by atoms with Crippen molar-refractivity contribution in [2.24, 2.45) is 5.92 Å². The van der Waals surface area contributed by atoms with Crippen LogP contribution in [0.1, 0.15) is 47.4 Å². The van der Waals surface area contributed by atoms with Gasteiger partial charge in [-0.2, -0.15) is 0 Å². The Balaban J connectivity index is 1.90. The third-order valence-electron chi connectivity index (χ3n) is 4.57. The van der Waals surface area contributed by atoms with E-state index in [2.05, 4.69) is 45.7 Å². The zero-order chi connectivity index (χ0) is 24.2. The lowest BCUT2D eigenvalue weighted by Gasteiger charge is -2.13. The number of amides is 2. The van der Waals surface area contributed by atoms with Crippen LogP contribution in [0.3, 0.4) is 0 Å². The Hall–Kier alpha value is -2.49. The fourth-order valence-corrected chi connectivity index (χ4v) is 3.46. The zero-order valence-electron chi connectivity index (χ0n) is 19.1. The first-order valence-corrected chi connectivity index (χ1v) is 11.9. The highest BCUT2D eigenvalue weighted by Gasteiger charge is 2.12. The normalized spacial score (nSPS) is 10.6. The van der Waals surface area contributed by atoms with Crippen LogP contribution < -0.4 is 20.7 Å². The molecule has 33 heavy (non-hydrogen) atoms. The second-order valence-electron chi connectivity index (χ2n) is 7.77. The highest BCUT2D eigenvalue weighted by atomic mass is 79.9. The van der Waals surface area contributed by atoms with Gasteiger partial charge in [0.05, 0.1) is 11.1 Å². The van der Waals surface area contributed by atoms with E-state index in [4.69, 9.17) is 21.7 Å². The number of carbonyl (C=O) groups excluding carboxylic acids is 2. The molecule has 0 unspecified atom stereocenters. The lowest BCUT2D eigenvalue weighted by molar-refractivity contribution is 0.0946. The van der Waals surface area contributed by atoms with Crippen molar-refractivity contribution in [3.05, 3.63) is 58.1 Å². The molecule has 3 N–H and O–H groups in total. The van der Waals surface area contributed by atoms with Gasteiger partial charge >= 0.3 is 0 Å². The van der Waals surface area contributed by atoms with E-state index in [0.717, 1.165) is 12.8 Å². The number of carbonyl (C=O) groups is 2. The number of methoxy groups -OCH3 is 1. The summed E-state index contributed by atoms with van der Waals surface area (Å²) in [6.07, 6.45) is 1.68. The molecule has 0 bridgehead atoms. The highest BCUT2D eigenvalue weighted by molar-refractivity contribution is 9.10. The van der Waals surface area contributed by atoms with Crippen LogP contribution >= 0.6 is 28.1 Å². The average molecular weight is 536 g/mol. The summed E-state index contributed by atoms with van der Waals surface area (Å²) < 4.78 is 11.4. The van der Waals surface area contributed by atoms with Crippen molar-refractivity contribution >= 4 is 50.8 Å². The maximum Gasteiger partial charge on any atom is 0.257 e. The number of ether oxygens (including phenoxy) is 2. The topological polar surface area (TPSA) is 88.7 Å². The van der Waals surface area contributed by atoms with E-state index < -0.39 is 0 Å². The van der Waals surface area contributed by atoms with Gasteiger partial charge in [0, 0.05) is 37.1 Å². The molecule has 0 saturated carbocycles. The minimum absolute atomic E-state index is 0.131. The largest absolute Gasteiger partial charge is 0.492 e. The molecule has 2 amide bonds. The van der Waals surface area contributed by atoms with E-state index in [0.29, 0.717) is 52.7 Å². The number of rotatable bonds is 11. The third-order valence-corrected chi connectivity index (χ3v) is 5.39. The van der Waals surface area contributed by atoms with Crippen molar-refractivity contribution in [2.75, 3.05) is 32.2 Å². The molecule has 0 spiro atoms. The number of benzene rings is 2. The first-order valence-electron chi connectivity index (χ1n) is 10.7. The Morgan fingerprint density at radius 3 is 2.52 bits per heavy atom. The van der Waals surface area contributed by atoms with E-state index in [1.165, 1.54) is 0 Å². The second-order valence-corrected chi connectivity index (χ2v) is 9.03. The van der Waals surface area contributed by atoms with Gasteiger partial charge in [-0.15, -0.1) is 0 Å². The summed E-state index contributed by atoms with van der Waals surface area (Å²) in [7, 11) is 1.62. The monoisotopic (exact) mass is 535 g/mol. The summed E-state index contributed by atoms with van der Waals surface area (Å²) in [4.78, 5) is 24.9. The van der Waals surface area contributed by atoms with E-state index in [1.807, 2.05) is 0 Å². The lowest BCUT2D eigenvalue weighted by atomic mass is 10.1. The number of anilines is 1. The molecule has 0 aromatic heterocycles. The third kappa shape index (κ3) is 9.49. The molecule has 178 valence electrons. The maximum atomic E-state index is 12.6. The van der Waals surface area contributed by atoms with Crippen LogP contribution in [0.2, 0.25) is 0 Å². The maximum absolute atomic E-state index is 12.6. The van der Waals surface area contributed by atoms with Crippen LogP contribution in [0.15, 0.2) is 46.9 Å². The Bertz CT molecular complexity index is 968. The fourth-order valence-electron chi connectivity index (χ4n) is 2.76. The van der Waals surface area contributed by atoms with Gasteiger partial charge in [0.25, 0.3) is 11.8 Å². The van der Waals surface area contributed by atoms with Crippen molar-refractivity contribution in [3.8, 4) is 5.75 Å². The summed E-state index contributed by atoms with van der Waals surface area (Å²) in [6.45, 7) is 5.99. The molecular formula is C24H30BrN3O4S. The smallest absolute Gasteiger partial charge is 0.257 e. The van der Waals surface area contributed by atoms with Crippen LogP contribution in [0.25, 0.3) is 0 Å². The van der Waals surface area contributed by atoms with Gasteiger partial charge in [0.2, 0.25) is 0 Å². The highest BCUT2D eigenvalue weighted by Crippen LogP contribution is 2.26. The van der Waals surface area contributed by atoms with E-state index in [1.54, 1.807) is 49.6 Å². The quantitative estimate of drug-likeness (QED) is 0.283. The van der Waals surface area contributed by atoms with Crippen LogP contribution in [0, 0.1) is 5.92 Å². The summed E-state index contributed by atoms with van der Waals surface area (Å²) in [5.41, 5.74) is 1.52. The Labute approximate surface area is 208 Å². The molecule has 0 atom stereocenters. The predicted octanol–water partition coefficient (Wildman–Crippen LogP) is 4.77. The molecule has 9 heteroatoms. The molecule has 7 nitrogen and oxygen atoms in total. The van der Waals surface area contributed by atoms with Gasteiger partial charge in [0.1, 0.15) is 5.75 Å². The number of nitrogens with one attached hydrogen (secondary N) is 3. The van der Waals surface area contributed by atoms with Crippen LogP contribution in [0.4, 0.5) is 5.69 Å². The molecule has 2 rings (SSSR count). The summed E-state index contributed by atoms with van der Waals surface area (Å²) in [5.74, 6) is 0.697. The molecule has 2 aromatic carbocycles. The van der Waals surface area contributed by atoms with Crippen LogP contribution in [-0.2, 0) is 4.74 Å². The Kier molecular flexibility index (Phi) is 11.3. The molecule has 0 saturated heterocycles. The van der Waals surface area contributed by atoms with Crippen molar-refractivity contribution in [1.29, 1.82) is 0 Å². The second kappa shape index (κ2) is 13.9. The molecule has 0 aliphatic carbocycles. The van der Waals surface area contributed by atoms with E-state index >= 15 is 0 Å². The predicted molar refractivity (Wildman–Crippen MR) is 138 cm³/mol. The molecule has 0 heterocycles. The molecular weight excluding hydrogens is 506 g/mol. The van der Waals surface area contributed by atoms with Gasteiger partial charge in [-0.3, -0.25) is 14.9 Å². The minimum Gasteiger partial charge on any atom is -0.492 e. The van der Waals surface area contributed by atoms with Crippen molar-refractivity contribution < 1.29 is 19.1 Å². The van der Waals surface area contributed by atoms with Crippen molar-refractivity contribution in [2.45, 2.75) is 26.7 Å². The Morgan fingerprint density at radius 1 is 1.06 bits per heavy atom. The zero-order valence-corrected chi connectivity index (χ0v) is 21.5. The Morgan fingerprint density at radius 2 is 1.82 bits per heavy atom. The van der Waals surface area contributed by atoms with Crippen LogP contribution in [0.5, 0.6) is 5.75 Å². The van der Waals surface area contributed by atoms with Gasteiger partial charge in [-0.05, 0) is 83.3 Å². The standard InChI is InChI=1S/C24H30BrN3O4S/c1-16(2)10-13-32-21-9-8-18(15-20(21)25)23(30)28-24(33)27-19-7-4-6-17(14-19)22(29)26-11-5-12-31-3/h4,6-9,14-16H,5,10-13H2,1-3H3,(H,26,29)(H2,27,28,30,33). The lowest BCUT2D eigenvalue weighted by Crippen LogP contribution is -2.34. The van der Waals surface area contributed by atoms with Gasteiger partial charge in [0.15, 0.2) is 5.11 Å². The number of hydrogen-bond donors (Lipinski definition) is 3. The number of hydrogen-bond acceptors (Lipinski definition) is 5. The van der Waals surface area contributed by atoms with Crippen molar-refractivity contribution in [1.82, 2.24) is 10.6 Å². The van der Waals surface area contributed by atoms with E-state index in [-0.39, 0.29) is 16.9 Å². The molecule has 0 aliphatic heterocycles. The van der Waals surface area contributed by atoms with Gasteiger partial charge in [-0.25, -0.2) is 0 Å². The summed E-state index contributed by atoms with van der Waals surface area (Å²) in [5, 5.41) is 8.56. The number of thiocarbonyl (C=S) groups is 1. The van der Waals surface area contributed by atoms with E-state index in [9.17, 15) is 9.59 Å². The average Bonchev–Trinajstić information content (AvgIpc) is 2.77. The molecule has 0 radical (unpaired) electrons. The summed E-state index contributed by atoms with van der Waals surface area (Å²) >= 11 is 8.72. The van der Waals surface area contributed by atoms with Crippen molar-refractivity contribution in [3.63, 3.8) is 0 Å². The fraction of sp³-hybridized carbons (Fsp3) is 0.375. The first-order chi connectivity index (χ1) is 15.8. The summed E-state index contributed by atoms with van der Waals surface area (Å²) in [6, 6.07) is 12.0. The first kappa shape index (κ1) is 26.8. The van der Waals surface area contributed by atoms with Gasteiger partial charge < -0.3 is 20.1 Å². The molecule has 0 fully saturated rings. The SMILES string of the molecule is COCCCNC(=O)c1cccc(NC(=S)NC(=O)c2ccc(OCCC(C)C)c(Br)c2)c1. The van der Waals surface area contributed by atoms with Crippen LogP contribution in [-0.4, -0.2) is 43.8 Å². The molecule has 0 aliphatic rings. The number of halogens is 1. The molecule has 2 aromatic rings. The minimum atomic E-state index is -0.353.